The molecule has 0 spiro atoms. The van der Waals surface area contributed by atoms with Crippen molar-refractivity contribution in [1.29, 1.82) is 5.26 Å². The number of amides is 2. The lowest BCUT2D eigenvalue weighted by molar-refractivity contribution is -0.138. The van der Waals surface area contributed by atoms with Gasteiger partial charge in [-0.25, -0.2) is 4.79 Å². The van der Waals surface area contributed by atoms with E-state index in [0.717, 1.165) is 45.7 Å². The molecule has 0 radical (unpaired) electrons. The molecule has 12 heteroatoms. The van der Waals surface area contributed by atoms with Crippen LogP contribution in [0.25, 0.3) is 10.9 Å². The number of likely N-dealkylation sites (tertiary alicyclic amines) is 1. The predicted octanol–water partition coefficient (Wildman–Crippen LogP) is 5.49. The Morgan fingerprint density at radius 1 is 1.15 bits per heavy atom. The van der Waals surface area contributed by atoms with E-state index in [1.54, 1.807) is 12.1 Å². The summed E-state index contributed by atoms with van der Waals surface area (Å²) in [5.41, 5.74) is 0.204. The number of pyridine rings is 1. The highest BCUT2D eigenvalue weighted by Crippen LogP contribution is 2.40. The molecule has 4 rings (SSSR count). The summed E-state index contributed by atoms with van der Waals surface area (Å²) >= 11 is 0. The Morgan fingerprint density at radius 3 is 2.49 bits per heavy atom. The van der Waals surface area contributed by atoms with Gasteiger partial charge in [0.2, 0.25) is 0 Å². The SMILES string of the molecule is CCN1CCC(NC(=O)Nc2cc3c(Nc4ccc(OC)c(C(F)(F)F)c4)c(C#N)cnc3cc2OC)CC1. The Bertz CT molecular complexity index is 1400. The number of nitriles is 1. The number of halogens is 3. The van der Waals surface area contributed by atoms with Crippen LogP contribution in [-0.4, -0.2) is 55.8 Å². The number of urea groups is 1. The van der Waals surface area contributed by atoms with Crippen molar-refractivity contribution >= 4 is 34.0 Å². The molecule has 0 atom stereocenters. The molecular weight excluding hydrogens is 513 g/mol. The fourth-order valence-corrected chi connectivity index (χ4v) is 4.59. The molecule has 1 aliphatic heterocycles. The first-order valence-electron chi connectivity index (χ1n) is 12.4. The van der Waals surface area contributed by atoms with Gasteiger partial charge < -0.3 is 30.3 Å². The average molecular weight is 543 g/mol. The van der Waals surface area contributed by atoms with Crippen molar-refractivity contribution in [1.82, 2.24) is 15.2 Å². The zero-order chi connectivity index (χ0) is 28.2. The summed E-state index contributed by atoms with van der Waals surface area (Å²) in [5, 5.41) is 18.8. The lowest BCUT2D eigenvalue weighted by Crippen LogP contribution is -2.45. The summed E-state index contributed by atoms with van der Waals surface area (Å²) < 4.78 is 51.1. The minimum atomic E-state index is -4.65. The third kappa shape index (κ3) is 6.26. The lowest BCUT2D eigenvalue weighted by Gasteiger charge is -2.31. The van der Waals surface area contributed by atoms with Crippen molar-refractivity contribution in [2.45, 2.75) is 32.0 Å². The van der Waals surface area contributed by atoms with E-state index in [-0.39, 0.29) is 28.7 Å². The van der Waals surface area contributed by atoms with Gasteiger partial charge in [0, 0.05) is 42.5 Å². The molecule has 0 bridgehead atoms. The van der Waals surface area contributed by atoms with Gasteiger partial charge in [-0.2, -0.15) is 18.4 Å². The molecule has 0 saturated carbocycles. The monoisotopic (exact) mass is 542 g/mol. The molecule has 1 aliphatic rings. The summed E-state index contributed by atoms with van der Waals surface area (Å²) in [5.74, 6) is 0.0150. The van der Waals surface area contributed by atoms with Crippen LogP contribution in [0.15, 0.2) is 36.5 Å². The Hall–Kier alpha value is -4.24. The number of hydrogen-bond donors (Lipinski definition) is 3. The third-order valence-electron chi connectivity index (χ3n) is 6.70. The predicted molar refractivity (Wildman–Crippen MR) is 142 cm³/mol. The van der Waals surface area contributed by atoms with Crippen molar-refractivity contribution in [2.24, 2.45) is 0 Å². The summed E-state index contributed by atoms with van der Waals surface area (Å²) in [6.45, 7) is 4.88. The standard InChI is InChI=1S/C27H29F3N6O3/c1-4-36-9-7-17(8-10-36)34-26(37)35-22-12-19-21(13-24(22)39-3)32-15-16(14-31)25(19)33-18-5-6-23(38-2)20(11-18)27(28,29)30/h5-6,11-13,15,17H,4,7-10H2,1-3H3,(H,32,33)(H2,34,35,37). The van der Waals surface area contributed by atoms with Crippen LogP contribution in [0.2, 0.25) is 0 Å². The van der Waals surface area contributed by atoms with Gasteiger partial charge in [-0.15, -0.1) is 0 Å². The number of alkyl halides is 3. The number of aromatic nitrogens is 1. The molecule has 3 aromatic rings. The number of nitrogens with one attached hydrogen (secondary N) is 3. The molecule has 3 N–H and O–H groups in total. The second kappa shape index (κ2) is 11.7. The van der Waals surface area contributed by atoms with Gasteiger partial charge >= 0.3 is 12.2 Å². The Labute approximate surface area is 223 Å². The highest BCUT2D eigenvalue weighted by atomic mass is 19.4. The van der Waals surface area contributed by atoms with Crippen LogP contribution in [0.1, 0.15) is 30.9 Å². The van der Waals surface area contributed by atoms with Crippen molar-refractivity contribution in [3.63, 3.8) is 0 Å². The van der Waals surface area contributed by atoms with Gasteiger partial charge in [0.1, 0.15) is 17.6 Å². The Balaban J connectivity index is 1.67. The number of nitrogens with zero attached hydrogens (tertiary/aromatic N) is 3. The van der Waals surface area contributed by atoms with E-state index in [0.29, 0.717) is 22.3 Å². The largest absolute Gasteiger partial charge is 0.496 e. The smallest absolute Gasteiger partial charge is 0.420 e. The fourth-order valence-electron chi connectivity index (χ4n) is 4.59. The maximum absolute atomic E-state index is 13.6. The number of carbonyl (C=O) groups excluding carboxylic acids is 1. The zero-order valence-corrected chi connectivity index (χ0v) is 21.8. The molecular formula is C27H29F3N6O3. The molecule has 1 saturated heterocycles. The molecule has 1 aromatic heterocycles. The molecule has 206 valence electrons. The Kier molecular flexibility index (Phi) is 8.30. The van der Waals surface area contributed by atoms with E-state index in [2.05, 4.69) is 32.8 Å². The van der Waals surface area contributed by atoms with Crippen LogP contribution >= 0.6 is 0 Å². The van der Waals surface area contributed by atoms with Gasteiger partial charge in [0.25, 0.3) is 0 Å². The molecule has 0 unspecified atom stereocenters. The van der Waals surface area contributed by atoms with Crippen LogP contribution in [0.4, 0.5) is 35.0 Å². The quantitative estimate of drug-likeness (QED) is 0.362. The summed E-state index contributed by atoms with van der Waals surface area (Å²) in [4.78, 5) is 19.5. The molecule has 2 heterocycles. The number of methoxy groups -OCH3 is 2. The lowest BCUT2D eigenvalue weighted by atomic mass is 10.1. The normalized spacial score (nSPS) is 14.5. The molecule has 2 amide bonds. The fraction of sp³-hybridized carbons (Fsp3) is 0.370. The van der Waals surface area contributed by atoms with E-state index in [4.69, 9.17) is 9.47 Å². The minimum absolute atomic E-state index is 0.0289. The van der Waals surface area contributed by atoms with E-state index < -0.39 is 17.8 Å². The second-order valence-corrected chi connectivity index (χ2v) is 9.07. The molecule has 39 heavy (non-hydrogen) atoms. The van der Waals surface area contributed by atoms with Crippen LogP contribution in [0, 0.1) is 11.3 Å². The van der Waals surface area contributed by atoms with E-state index in [1.807, 2.05) is 6.07 Å². The molecule has 9 nitrogen and oxygen atoms in total. The topological polar surface area (TPSA) is 112 Å². The van der Waals surface area contributed by atoms with Gasteiger partial charge in [-0.1, -0.05) is 6.92 Å². The van der Waals surface area contributed by atoms with Gasteiger partial charge in [0.15, 0.2) is 0 Å². The van der Waals surface area contributed by atoms with Crippen LogP contribution in [0.5, 0.6) is 11.5 Å². The number of piperidine rings is 1. The van der Waals surface area contributed by atoms with Crippen LogP contribution < -0.4 is 25.4 Å². The van der Waals surface area contributed by atoms with Crippen LogP contribution in [0.3, 0.4) is 0 Å². The minimum Gasteiger partial charge on any atom is -0.496 e. The van der Waals surface area contributed by atoms with E-state index >= 15 is 0 Å². The van der Waals surface area contributed by atoms with Crippen molar-refractivity contribution in [2.75, 3.05) is 44.5 Å². The highest BCUT2D eigenvalue weighted by Gasteiger charge is 2.34. The number of carbonyl (C=O) groups is 1. The second-order valence-electron chi connectivity index (χ2n) is 9.07. The number of hydrogen-bond acceptors (Lipinski definition) is 7. The van der Waals surface area contributed by atoms with Gasteiger partial charge in [-0.05, 0) is 43.7 Å². The molecule has 2 aromatic carbocycles. The first-order valence-corrected chi connectivity index (χ1v) is 12.4. The summed E-state index contributed by atoms with van der Waals surface area (Å²) in [6.07, 6.45) is -1.66. The maximum atomic E-state index is 13.6. The first kappa shape index (κ1) is 27.8. The number of ether oxygens (including phenoxy) is 2. The van der Waals surface area contributed by atoms with Gasteiger partial charge in [0.05, 0.1) is 42.2 Å². The van der Waals surface area contributed by atoms with Crippen LogP contribution in [-0.2, 0) is 6.18 Å². The maximum Gasteiger partial charge on any atom is 0.420 e. The number of anilines is 3. The van der Waals surface area contributed by atoms with Crippen molar-refractivity contribution < 1.29 is 27.4 Å². The molecule has 1 fully saturated rings. The zero-order valence-electron chi connectivity index (χ0n) is 21.8. The summed E-state index contributed by atoms with van der Waals surface area (Å²) in [6, 6.07) is 8.34. The number of rotatable bonds is 7. The van der Waals surface area contributed by atoms with E-state index in [9.17, 15) is 23.2 Å². The first-order chi connectivity index (χ1) is 18.7. The Morgan fingerprint density at radius 2 is 1.87 bits per heavy atom. The molecule has 0 aliphatic carbocycles. The average Bonchev–Trinajstić information content (AvgIpc) is 2.92. The van der Waals surface area contributed by atoms with E-state index in [1.165, 1.54) is 25.4 Å². The van der Waals surface area contributed by atoms with Crippen molar-refractivity contribution in [3.05, 3.63) is 47.7 Å². The number of benzene rings is 2. The summed E-state index contributed by atoms with van der Waals surface area (Å²) in [7, 11) is 2.61. The third-order valence-corrected chi connectivity index (χ3v) is 6.70. The van der Waals surface area contributed by atoms with Gasteiger partial charge in [-0.3, -0.25) is 4.98 Å². The number of fused-ring (bicyclic) bond motifs is 1. The highest BCUT2D eigenvalue weighted by molar-refractivity contribution is 6.01. The van der Waals surface area contributed by atoms with Crippen molar-refractivity contribution in [3.8, 4) is 17.6 Å².